The highest BCUT2D eigenvalue weighted by Gasteiger charge is 2.36. The minimum Gasteiger partial charge on any atom is -0.316 e. The van der Waals surface area contributed by atoms with Crippen molar-refractivity contribution in [3.8, 4) is 0 Å². The van der Waals surface area contributed by atoms with E-state index in [9.17, 15) is 13.2 Å². The van der Waals surface area contributed by atoms with E-state index in [-0.39, 0.29) is 12.5 Å². The van der Waals surface area contributed by atoms with Crippen LogP contribution < -0.4 is 0 Å². The number of halogens is 3. The maximum atomic E-state index is 14.8. The molecule has 4 heteroatoms. The van der Waals surface area contributed by atoms with Crippen molar-refractivity contribution in [3.05, 3.63) is 82.7 Å². The predicted octanol–water partition coefficient (Wildman–Crippen LogP) is 10.1. The third-order valence-electron chi connectivity index (χ3n) is 8.68. The van der Waals surface area contributed by atoms with Crippen LogP contribution in [0.15, 0.2) is 54.6 Å². The lowest BCUT2D eigenvalue weighted by Crippen LogP contribution is -2.22. The zero-order valence-electron chi connectivity index (χ0n) is 22.5. The first-order chi connectivity index (χ1) is 17.9. The molecule has 2 aliphatic carbocycles. The zero-order chi connectivity index (χ0) is 26.3. The summed E-state index contributed by atoms with van der Waals surface area (Å²) in [5.41, 5.74) is 2.45. The summed E-state index contributed by atoms with van der Waals surface area (Å²) >= 11 is 0. The van der Waals surface area contributed by atoms with E-state index in [4.69, 9.17) is 4.74 Å². The van der Waals surface area contributed by atoms with E-state index in [1.54, 1.807) is 6.07 Å². The molecule has 0 heterocycles. The summed E-state index contributed by atoms with van der Waals surface area (Å²) in [6, 6.07) is 12.5. The van der Waals surface area contributed by atoms with Crippen LogP contribution in [0.25, 0.3) is 0 Å². The summed E-state index contributed by atoms with van der Waals surface area (Å²) in [6.07, 6.45) is 12.7. The van der Waals surface area contributed by atoms with E-state index in [1.807, 2.05) is 19.1 Å². The Hall–Kier alpha value is -2.07. The average Bonchev–Trinajstić information content (AvgIpc) is 2.90. The predicted molar refractivity (Wildman–Crippen MR) is 146 cm³/mol. The Morgan fingerprint density at radius 3 is 2.11 bits per heavy atom. The van der Waals surface area contributed by atoms with Gasteiger partial charge in [0.15, 0.2) is 0 Å². The first-order valence-corrected chi connectivity index (χ1v) is 14.4. The van der Waals surface area contributed by atoms with Gasteiger partial charge in [0, 0.05) is 0 Å². The van der Waals surface area contributed by atoms with E-state index in [0.29, 0.717) is 18.3 Å². The minimum atomic E-state index is -3.65. The van der Waals surface area contributed by atoms with Gasteiger partial charge < -0.3 is 4.74 Å². The lowest BCUT2D eigenvalue weighted by atomic mass is 9.77. The fourth-order valence-electron chi connectivity index (χ4n) is 6.46. The van der Waals surface area contributed by atoms with Crippen LogP contribution in [0.4, 0.5) is 13.2 Å². The topological polar surface area (TPSA) is 9.23 Å². The van der Waals surface area contributed by atoms with Gasteiger partial charge in [0.2, 0.25) is 0 Å². The summed E-state index contributed by atoms with van der Waals surface area (Å²) in [5, 5.41) is 0. The molecular weight excluding hydrogens is 469 g/mol. The Labute approximate surface area is 221 Å². The first kappa shape index (κ1) is 28.0. The van der Waals surface area contributed by atoms with Gasteiger partial charge in [-0.1, -0.05) is 62.2 Å². The Bertz CT molecular complexity index is 997. The second-order valence-electron chi connectivity index (χ2n) is 11.2. The van der Waals surface area contributed by atoms with Gasteiger partial charge in [0.05, 0.1) is 12.2 Å². The molecular formula is C33H43F3O. The van der Waals surface area contributed by atoms with Gasteiger partial charge in [0.25, 0.3) is 0 Å². The summed E-state index contributed by atoms with van der Waals surface area (Å²) in [5.74, 6) is 1.41. The van der Waals surface area contributed by atoms with Crippen molar-refractivity contribution in [1.29, 1.82) is 0 Å². The summed E-state index contributed by atoms with van der Waals surface area (Å²) in [6.45, 7) is 4.12. The van der Waals surface area contributed by atoms with Gasteiger partial charge in [-0.2, -0.15) is 8.78 Å². The molecule has 0 bridgehead atoms. The number of alkyl halides is 2. The van der Waals surface area contributed by atoms with E-state index in [2.05, 4.69) is 31.2 Å². The molecule has 0 N–H and O–H groups in total. The smallest absolute Gasteiger partial charge is 0.316 e. The van der Waals surface area contributed by atoms with Crippen LogP contribution in [0.1, 0.15) is 112 Å². The number of benzene rings is 2. The van der Waals surface area contributed by atoms with E-state index in [1.165, 1.54) is 56.2 Å². The van der Waals surface area contributed by atoms with Crippen molar-refractivity contribution in [2.75, 3.05) is 6.61 Å². The fraction of sp³-hybridized carbons (Fsp3) is 0.576. The van der Waals surface area contributed by atoms with Crippen molar-refractivity contribution in [1.82, 2.24) is 0 Å². The molecule has 0 spiro atoms. The van der Waals surface area contributed by atoms with Crippen LogP contribution in [0, 0.1) is 17.7 Å². The second kappa shape index (κ2) is 13.1. The maximum absolute atomic E-state index is 14.8. The quantitative estimate of drug-likeness (QED) is 0.288. The van der Waals surface area contributed by atoms with Crippen LogP contribution in [0.3, 0.4) is 0 Å². The third kappa shape index (κ3) is 7.50. The molecule has 0 atom stereocenters. The van der Waals surface area contributed by atoms with Crippen LogP contribution in [-0.4, -0.2) is 6.61 Å². The highest BCUT2D eigenvalue weighted by atomic mass is 19.3. The van der Waals surface area contributed by atoms with Gasteiger partial charge in [-0.25, -0.2) is 4.39 Å². The van der Waals surface area contributed by atoms with Gasteiger partial charge >= 0.3 is 6.11 Å². The molecule has 4 rings (SSSR count). The lowest BCUT2D eigenvalue weighted by Gasteiger charge is -2.28. The first-order valence-electron chi connectivity index (χ1n) is 14.4. The Kier molecular flexibility index (Phi) is 9.92. The standard InChI is InChI=1S/C33H43F3O/c1-3-5-24-7-13-27(14-8-24)28-15-11-26(12-16-28)21-22-37-33(35,36)31-20-19-30(23-32(31)34)29-17-9-25(6-4-2)10-18-29/h4,6,11-12,15-16,19-20,23-25,27,29H,3,5,7-10,13-14,17-18,21-22H2,1-2H3/b6-4+/t24-,25-,27-,29-. The molecule has 0 aromatic heterocycles. The number of ether oxygens (including phenoxy) is 1. The number of allylic oxidation sites excluding steroid dienone is 2. The van der Waals surface area contributed by atoms with Crippen LogP contribution in [0.5, 0.6) is 0 Å². The van der Waals surface area contributed by atoms with E-state index in [0.717, 1.165) is 42.7 Å². The van der Waals surface area contributed by atoms with Crippen molar-refractivity contribution in [2.45, 2.75) is 102 Å². The van der Waals surface area contributed by atoms with Crippen LogP contribution in [0.2, 0.25) is 0 Å². The number of rotatable bonds is 10. The highest BCUT2D eigenvalue weighted by molar-refractivity contribution is 5.30. The number of hydrogen-bond donors (Lipinski definition) is 0. The van der Waals surface area contributed by atoms with Gasteiger partial charge in [-0.05, 0) is 117 Å². The Morgan fingerprint density at radius 1 is 0.865 bits per heavy atom. The van der Waals surface area contributed by atoms with Crippen molar-refractivity contribution >= 4 is 0 Å². The molecule has 202 valence electrons. The van der Waals surface area contributed by atoms with E-state index < -0.39 is 17.5 Å². The van der Waals surface area contributed by atoms with E-state index >= 15 is 0 Å². The molecule has 0 radical (unpaired) electrons. The molecule has 2 fully saturated rings. The second-order valence-corrected chi connectivity index (χ2v) is 11.2. The molecule has 37 heavy (non-hydrogen) atoms. The van der Waals surface area contributed by atoms with Crippen molar-refractivity contribution in [3.63, 3.8) is 0 Å². The van der Waals surface area contributed by atoms with Gasteiger partial charge in [-0.15, -0.1) is 0 Å². The molecule has 1 nitrogen and oxygen atoms in total. The average molecular weight is 513 g/mol. The molecule has 2 aromatic rings. The summed E-state index contributed by atoms with van der Waals surface area (Å²) < 4.78 is 49.2. The fourth-order valence-corrected chi connectivity index (χ4v) is 6.46. The van der Waals surface area contributed by atoms with Crippen molar-refractivity contribution in [2.24, 2.45) is 11.8 Å². The molecule has 0 saturated heterocycles. The molecule has 2 saturated carbocycles. The Morgan fingerprint density at radius 2 is 1.49 bits per heavy atom. The maximum Gasteiger partial charge on any atom is 0.386 e. The van der Waals surface area contributed by atoms with Gasteiger partial charge in [-0.3, -0.25) is 0 Å². The summed E-state index contributed by atoms with van der Waals surface area (Å²) in [4.78, 5) is 0. The zero-order valence-corrected chi connectivity index (χ0v) is 22.5. The molecule has 0 unspecified atom stereocenters. The lowest BCUT2D eigenvalue weighted by molar-refractivity contribution is -0.249. The Balaban J connectivity index is 1.27. The minimum absolute atomic E-state index is 0.162. The molecule has 0 amide bonds. The SMILES string of the molecule is C/C=C/[C@H]1CC[C@H](c2ccc(C(F)(F)OCCc3ccc([C@H]4CC[C@H](CCC)CC4)cc3)c(F)c2)CC1. The normalized spacial score (nSPS) is 25.0. The summed E-state index contributed by atoms with van der Waals surface area (Å²) in [7, 11) is 0. The van der Waals surface area contributed by atoms with Gasteiger partial charge in [0.1, 0.15) is 5.82 Å². The van der Waals surface area contributed by atoms with Crippen LogP contribution >= 0.6 is 0 Å². The molecule has 0 aliphatic heterocycles. The molecule has 2 aliphatic rings. The third-order valence-corrected chi connectivity index (χ3v) is 8.68. The monoisotopic (exact) mass is 512 g/mol. The largest absolute Gasteiger partial charge is 0.386 e. The van der Waals surface area contributed by atoms with Crippen LogP contribution in [-0.2, 0) is 17.3 Å². The number of hydrogen-bond acceptors (Lipinski definition) is 1. The van der Waals surface area contributed by atoms with Crippen molar-refractivity contribution < 1.29 is 17.9 Å². The molecule has 2 aromatic carbocycles. The highest BCUT2D eigenvalue weighted by Crippen LogP contribution is 2.39.